The van der Waals surface area contributed by atoms with Crippen molar-refractivity contribution in [2.24, 2.45) is 4.99 Å². The summed E-state index contributed by atoms with van der Waals surface area (Å²) in [5.74, 6) is 0.123. The van der Waals surface area contributed by atoms with E-state index in [0.717, 1.165) is 22.5 Å². The van der Waals surface area contributed by atoms with Gasteiger partial charge in [0.05, 0.1) is 16.3 Å². The first kappa shape index (κ1) is 15.3. The van der Waals surface area contributed by atoms with Crippen molar-refractivity contribution in [1.29, 1.82) is 0 Å². The number of nitrogens with zero attached hydrogens (tertiary/aromatic N) is 2. The summed E-state index contributed by atoms with van der Waals surface area (Å²) in [7, 11) is 0. The van der Waals surface area contributed by atoms with Crippen molar-refractivity contribution in [3.63, 3.8) is 0 Å². The summed E-state index contributed by atoms with van der Waals surface area (Å²) in [6, 6.07) is 15.1. The monoisotopic (exact) mass is 370 g/mol. The zero-order chi connectivity index (χ0) is 16.7. The van der Waals surface area contributed by atoms with E-state index >= 15 is 0 Å². The molecule has 1 aliphatic heterocycles. The number of aromatic nitrogens is 1. The standard InChI is InChI=1S/C18H11ClN2OS2/c19-12-5-7-13(8-6-12)21-17(22)16(24-18(21)23)9-11-10-20-15-4-2-1-3-14(11)15/h1-10,22H/b11-9+. The normalized spacial score (nSPS) is 14.3. The highest BCUT2D eigenvalue weighted by atomic mass is 35.5. The maximum Gasteiger partial charge on any atom is 0.215 e. The van der Waals surface area contributed by atoms with E-state index in [4.69, 9.17) is 23.8 Å². The van der Waals surface area contributed by atoms with Crippen LogP contribution in [-0.4, -0.2) is 15.9 Å². The van der Waals surface area contributed by atoms with Crippen molar-refractivity contribution >= 4 is 58.7 Å². The van der Waals surface area contributed by atoms with Crippen LogP contribution in [-0.2, 0) is 0 Å². The van der Waals surface area contributed by atoms with Gasteiger partial charge in [-0.2, -0.15) is 0 Å². The minimum absolute atomic E-state index is 0.123. The van der Waals surface area contributed by atoms with Gasteiger partial charge in [-0.05, 0) is 48.6 Å². The minimum Gasteiger partial charge on any atom is -0.493 e. The summed E-state index contributed by atoms with van der Waals surface area (Å²) in [6.07, 6.45) is 3.72. The summed E-state index contributed by atoms with van der Waals surface area (Å²) < 4.78 is 2.21. The molecule has 1 aromatic heterocycles. The molecule has 1 N–H and O–H groups in total. The van der Waals surface area contributed by atoms with Crippen LogP contribution >= 0.6 is 35.2 Å². The first-order valence-corrected chi connectivity index (χ1v) is 8.80. The van der Waals surface area contributed by atoms with Gasteiger partial charge < -0.3 is 5.11 Å². The number of halogens is 1. The van der Waals surface area contributed by atoms with Crippen LogP contribution < -0.4 is 0 Å². The smallest absolute Gasteiger partial charge is 0.215 e. The van der Waals surface area contributed by atoms with Gasteiger partial charge in [0.1, 0.15) is 0 Å². The average molecular weight is 371 g/mol. The molecule has 0 spiro atoms. The SMILES string of the molecule is Oc1c(/C=C2\C=Nc3ccccc32)sc(=S)n1-c1ccc(Cl)cc1. The Balaban J connectivity index is 1.81. The maximum absolute atomic E-state index is 10.6. The van der Waals surface area contributed by atoms with Crippen molar-refractivity contribution in [1.82, 2.24) is 4.57 Å². The van der Waals surface area contributed by atoms with Crippen molar-refractivity contribution < 1.29 is 5.11 Å². The predicted molar refractivity (Wildman–Crippen MR) is 104 cm³/mol. The molecule has 0 fully saturated rings. The highest BCUT2D eigenvalue weighted by Crippen LogP contribution is 2.36. The molecule has 118 valence electrons. The first-order valence-electron chi connectivity index (χ1n) is 7.19. The van der Waals surface area contributed by atoms with Gasteiger partial charge in [-0.25, -0.2) is 0 Å². The Labute approximate surface area is 152 Å². The molecule has 2 aromatic carbocycles. The molecule has 0 saturated heterocycles. The number of hydrogen-bond acceptors (Lipinski definition) is 4. The van der Waals surface area contributed by atoms with E-state index in [-0.39, 0.29) is 5.88 Å². The summed E-state index contributed by atoms with van der Waals surface area (Å²) in [5, 5.41) is 11.3. The average Bonchev–Trinajstić information content (AvgIpc) is 3.11. The van der Waals surface area contributed by atoms with Gasteiger partial charge in [-0.3, -0.25) is 9.56 Å². The molecular formula is C18H11ClN2OS2. The van der Waals surface area contributed by atoms with Gasteiger partial charge in [0, 0.05) is 22.4 Å². The Morgan fingerprint density at radius 2 is 1.88 bits per heavy atom. The number of para-hydroxylation sites is 1. The lowest BCUT2D eigenvalue weighted by atomic mass is 10.1. The number of benzene rings is 2. The predicted octanol–water partition coefficient (Wildman–Crippen LogP) is 5.88. The largest absolute Gasteiger partial charge is 0.493 e. The molecule has 4 rings (SSSR count). The van der Waals surface area contributed by atoms with Gasteiger partial charge in [0.15, 0.2) is 3.95 Å². The van der Waals surface area contributed by atoms with E-state index in [1.165, 1.54) is 11.3 Å². The van der Waals surface area contributed by atoms with E-state index < -0.39 is 0 Å². The molecule has 2 heterocycles. The van der Waals surface area contributed by atoms with Crippen molar-refractivity contribution in [3.8, 4) is 11.6 Å². The molecule has 0 saturated carbocycles. The zero-order valence-electron chi connectivity index (χ0n) is 12.3. The Bertz CT molecular complexity index is 1050. The van der Waals surface area contributed by atoms with Crippen LogP contribution in [0, 0.1) is 3.95 Å². The van der Waals surface area contributed by atoms with Crippen molar-refractivity contribution in [2.75, 3.05) is 0 Å². The summed E-state index contributed by atoms with van der Waals surface area (Å²) in [4.78, 5) is 5.09. The molecule has 0 aliphatic carbocycles. The fraction of sp³-hybridized carbons (Fsp3) is 0. The molecule has 3 nitrogen and oxygen atoms in total. The molecule has 1 aliphatic rings. The van der Waals surface area contributed by atoms with Crippen LogP contribution in [0.25, 0.3) is 17.3 Å². The van der Waals surface area contributed by atoms with Crippen molar-refractivity contribution in [3.05, 3.63) is 67.9 Å². The number of hydrogen-bond donors (Lipinski definition) is 1. The van der Waals surface area contributed by atoms with Crippen molar-refractivity contribution in [2.45, 2.75) is 0 Å². The quantitative estimate of drug-likeness (QED) is 0.571. The fourth-order valence-electron chi connectivity index (χ4n) is 2.59. The van der Waals surface area contributed by atoms with Gasteiger partial charge in [-0.1, -0.05) is 29.8 Å². The molecule has 6 heteroatoms. The molecular weight excluding hydrogens is 360 g/mol. The van der Waals surface area contributed by atoms with Crippen LogP contribution in [0.4, 0.5) is 5.69 Å². The third-order valence-electron chi connectivity index (χ3n) is 3.74. The summed E-state index contributed by atoms with van der Waals surface area (Å²) in [6.45, 7) is 0. The molecule has 0 amide bonds. The lowest BCUT2D eigenvalue weighted by Gasteiger charge is -2.04. The second-order valence-corrected chi connectivity index (χ2v) is 7.35. The van der Waals surface area contributed by atoms with Crippen LogP contribution in [0.1, 0.15) is 10.4 Å². The van der Waals surface area contributed by atoms with E-state index in [9.17, 15) is 5.11 Å². The maximum atomic E-state index is 10.6. The van der Waals surface area contributed by atoms with Crippen LogP contribution in [0.15, 0.2) is 53.5 Å². The first-order chi connectivity index (χ1) is 11.6. The van der Waals surface area contributed by atoms with Crippen LogP contribution in [0.2, 0.25) is 5.02 Å². The molecule has 0 bridgehead atoms. The highest BCUT2D eigenvalue weighted by Gasteiger charge is 2.16. The Hall–Kier alpha value is -2.21. The van der Waals surface area contributed by atoms with Crippen LogP contribution in [0.3, 0.4) is 0 Å². The van der Waals surface area contributed by atoms with E-state index in [1.807, 2.05) is 42.5 Å². The third kappa shape index (κ3) is 2.60. The Morgan fingerprint density at radius 1 is 1.12 bits per heavy atom. The number of rotatable bonds is 2. The van der Waals surface area contributed by atoms with E-state index in [0.29, 0.717) is 13.9 Å². The van der Waals surface area contributed by atoms with Gasteiger partial charge >= 0.3 is 0 Å². The topological polar surface area (TPSA) is 37.5 Å². The summed E-state index contributed by atoms with van der Waals surface area (Å²) >= 11 is 12.7. The lowest BCUT2D eigenvalue weighted by molar-refractivity contribution is 0.441. The number of thiazole rings is 1. The van der Waals surface area contributed by atoms with Gasteiger partial charge in [-0.15, -0.1) is 11.3 Å². The van der Waals surface area contributed by atoms with Crippen LogP contribution in [0.5, 0.6) is 5.88 Å². The van der Waals surface area contributed by atoms with Gasteiger partial charge in [0.2, 0.25) is 5.88 Å². The number of aromatic hydroxyl groups is 1. The van der Waals surface area contributed by atoms with Gasteiger partial charge in [0.25, 0.3) is 0 Å². The van der Waals surface area contributed by atoms with E-state index in [1.54, 1.807) is 22.9 Å². The number of fused-ring (bicyclic) bond motifs is 1. The molecule has 0 unspecified atom stereocenters. The number of aliphatic imine (C=N–C) groups is 1. The summed E-state index contributed by atoms with van der Waals surface area (Å²) in [5.41, 5.74) is 3.72. The molecule has 0 radical (unpaired) electrons. The number of allylic oxidation sites excluding steroid dienone is 1. The lowest BCUT2D eigenvalue weighted by Crippen LogP contribution is -1.92. The van der Waals surface area contributed by atoms with E-state index in [2.05, 4.69) is 4.99 Å². The minimum atomic E-state index is 0.123. The molecule has 0 atom stereocenters. The Kier molecular flexibility index (Phi) is 3.84. The second-order valence-electron chi connectivity index (χ2n) is 5.24. The fourth-order valence-corrected chi connectivity index (χ4v) is 4.02. The zero-order valence-corrected chi connectivity index (χ0v) is 14.7. The third-order valence-corrected chi connectivity index (χ3v) is 5.30. The second kappa shape index (κ2) is 6.02. The highest BCUT2D eigenvalue weighted by molar-refractivity contribution is 7.73. The Morgan fingerprint density at radius 3 is 2.67 bits per heavy atom. The molecule has 24 heavy (non-hydrogen) atoms. The molecule has 3 aromatic rings.